The fourth-order valence-electron chi connectivity index (χ4n) is 5.34. The van der Waals surface area contributed by atoms with Gasteiger partial charge >= 0.3 is 0 Å². The summed E-state index contributed by atoms with van der Waals surface area (Å²) in [5.41, 5.74) is 11.3. The molecule has 40 heavy (non-hydrogen) atoms. The molecule has 0 amide bonds. The van der Waals surface area contributed by atoms with Crippen LogP contribution in [0.4, 0.5) is 0 Å². The zero-order valence-electron chi connectivity index (χ0n) is 27.1. The molecule has 0 fully saturated rings. The van der Waals surface area contributed by atoms with E-state index >= 15 is 0 Å². The normalized spacial score (nSPS) is 23.4. The van der Waals surface area contributed by atoms with Gasteiger partial charge in [0.15, 0.2) is 0 Å². The molecule has 0 atom stereocenters. The maximum atomic E-state index is 2.37. The summed E-state index contributed by atoms with van der Waals surface area (Å²) in [5.74, 6) is 0. The second kappa shape index (κ2) is 15.6. The van der Waals surface area contributed by atoms with Crippen molar-refractivity contribution in [1.29, 1.82) is 0 Å². The lowest BCUT2D eigenvalue weighted by Gasteiger charge is -2.32. The van der Waals surface area contributed by atoms with Crippen molar-refractivity contribution in [2.24, 2.45) is 10.8 Å². The van der Waals surface area contributed by atoms with Crippen LogP contribution in [-0.4, -0.2) is 0 Å². The summed E-state index contributed by atoms with van der Waals surface area (Å²) in [4.78, 5) is 0. The fraction of sp³-hybridized carbons (Fsp3) is 0.400. The Bertz CT molecular complexity index is 1160. The SMILES string of the molecule is CC1=CCCC(C)(C)\C1=C/C=C(C)/C=C/C=C(C)/C=C/C=C/C(C)=C/C=C/C(C)=C/C=C1/C(C)=CCCC1(C)C. The molecule has 214 valence electrons. The summed E-state index contributed by atoms with van der Waals surface area (Å²) in [6, 6.07) is 0. The maximum absolute atomic E-state index is 2.37. The summed E-state index contributed by atoms with van der Waals surface area (Å²) in [7, 11) is 0. The van der Waals surface area contributed by atoms with E-state index in [1.165, 1.54) is 70.3 Å². The van der Waals surface area contributed by atoms with Crippen LogP contribution in [0.25, 0.3) is 0 Å². The van der Waals surface area contributed by atoms with Crippen LogP contribution >= 0.6 is 0 Å². The summed E-state index contributed by atoms with van der Waals surface area (Å²) < 4.78 is 0. The van der Waals surface area contributed by atoms with Crippen molar-refractivity contribution in [2.75, 3.05) is 0 Å². The molecule has 2 rings (SSSR count). The van der Waals surface area contributed by atoms with Crippen LogP contribution in [0.1, 0.15) is 94.9 Å². The Labute approximate surface area is 247 Å². The van der Waals surface area contributed by atoms with Crippen LogP contribution in [0.2, 0.25) is 0 Å². The van der Waals surface area contributed by atoms with Crippen LogP contribution in [0, 0.1) is 10.8 Å². The average molecular weight is 535 g/mol. The standard InChI is InChI=1S/C40H54/c1-31(19-13-21-33(3)25-27-37-35(5)23-15-29-39(37,7)8)17-11-12-18-32(2)20-14-22-34(4)26-28-38-36(6)24-16-30-40(38,9)10/h11-14,17-28H,15-16,29-30H2,1-10H3/b17-11+,18-12+,21-13+,22-14+,31-19+,32-20+,33-25+,34-26+,37-27-,38-28-. The van der Waals surface area contributed by atoms with Crippen molar-refractivity contribution in [3.63, 3.8) is 0 Å². The van der Waals surface area contributed by atoms with E-state index in [1.807, 2.05) is 0 Å². The lowest BCUT2D eigenvalue weighted by Crippen LogP contribution is -2.18. The van der Waals surface area contributed by atoms with Gasteiger partial charge in [-0.15, -0.1) is 0 Å². The molecule has 0 radical (unpaired) electrons. The molecule has 0 spiro atoms. The van der Waals surface area contributed by atoms with Crippen molar-refractivity contribution < 1.29 is 0 Å². The fourth-order valence-corrected chi connectivity index (χ4v) is 5.34. The minimum atomic E-state index is 0.259. The summed E-state index contributed by atoms with van der Waals surface area (Å²) in [6.45, 7) is 22.5. The van der Waals surface area contributed by atoms with Gasteiger partial charge in [0.25, 0.3) is 0 Å². The molecule has 0 unspecified atom stereocenters. The third kappa shape index (κ3) is 11.2. The molecule has 0 saturated heterocycles. The Kier molecular flexibility index (Phi) is 12.9. The van der Waals surface area contributed by atoms with Crippen molar-refractivity contribution in [2.45, 2.75) is 94.9 Å². The molecule has 0 saturated carbocycles. The Morgan fingerprint density at radius 3 is 1.20 bits per heavy atom. The predicted molar refractivity (Wildman–Crippen MR) is 181 cm³/mol. The molecule has 0 heteroatoms. The molecule has 0 bridgehead atoms. The first-order chi connectivity index (χ1) is 18.8. The first-order valence-corrected chi connectivity index (χ1v) is 15.0. The van der Waals surface area contributed by atoms with Crippen molar-refractivity contribution in [1.82, 2.24) is 0 Å². The largest absolute Gasteiger partial charge is 0.0813 e. The van der Waals surface area contributed by atoms with E-state index in [2.05, 4.69) is 166 Å². The maximum Gasteiger partial charge on any atom is -0.00981 e. The van der Waals surface area contributed by atoms with Gasteiger partial charge in [0.1, 0.15) is 0 Å². The van der Waals surface area contributed by atoms with Crippen LogP contribution in [0.5, 0.6) is 0 Å². The summed E-state index contributed by atoms with van der Waals surface area (Å²) in [6.07, 6.45) is 40.1. The Hall–Kier alpha value is -3.12. The molecular formula is C40H54. The second-order valence-corrected chi connectivity index (χ2v) is 12.9. The lowest BCUT2D eigenvalue weighted by molar-refractivity contribution is 0.404. The van der Waals surface area contributed by atoms with Gasteiger partial charge in [0, 0.05) is 0 Å². The van der Waals surface area contributed by atoms with E-state index in [4.69, 9.17) is 0 Å². The van der Waals surface area contributed by atoms with Gasteiger partial charge in [0.05, 0.1) is 0 Å². The smallest absolute Gasteiger partial charge is 0.00981 e. The molecule has 0 aliphatic heterocycles. The van der Waals surface area contributed by atoms with Crippen molar-refractivity contribution in [3.05, 3.63) is 142 Å². The molecule has 0 aromatic heterocycles. The Morgan fingerprint density at radius 2 is 0.850 bits per heavy atom. The van der Waals surface area contributed by atoms with Gasteiger partial charge in [-0.2, -0.15) is 0 Å². The first-order valence-electron chi connectivity index (χ1n) is 15.0. The Balaban J connectivity index is 1.90. The van der Waals surface area contributed by atoms with Crippen molar-refractivity contribution >= 4 is 0 Å². The molecule has 0 N–H and O–H groups in total. The predicted octanol–water partition coefficient (Wildman–Crippen LogP) is 12.4. The molecule has 0 aromatic rings. The molecule has 0 aromatic carbocycles. The first kappa shape index (κ1) is 33.1. The number of rotatable bonds is 9. The van der Waals surface area contributed by atoms with Crippen LogP contribution in [0.3, 0.4) is 0 Å². The highest BCUT2D eigenvalue weighted by molar-refractivity contribution is 5.42. The summed E-state index contributed by atoms with van der Waals surface area (Å²) >= 11 is 0. The van der Waals surface area contributed by atoms with Crippen molar-refractivity contribution in [3.8, 4) is 0 Å². The Morgan fingerprint density at radius 1 is 0.525 bits per heavy atom. The van der Waals surface area contributed by atoms with Crippen LogP contribution < -0.4 is 0 Å². The average Bonchev–Trinajstić information content (AvgIpc) is 2.85. The zero-order chi connectivity index (χ0) is 29.8. The van der Waals surface area contributed by atoms with Gasteiger partial charge in [-0.25, -0.2) is 0 Å². The molecule has 2 aliphatic carbocycles. The molecule has 2 aliphatic rings. The van der Waals surface area contributed by atoms with Gasteiger partial charge in [-0.3, -0.25) is 0 Å². The van der Waals surface area contributed by atoms with E-state index in [1.54, 1.807) is 0 Å². The van der Waals surface area contributed by atoms with Crippen LogP contribution in [0.15, 0.2) is 142 Å². The highest BCUT2D eigenvalue weighted by Gasteiger charge is 2.27. The number of hydrogen-bond donors (Lipinski definition) is 0. The van der Waals surface area contributed by atoms with Crippen LogP contribution in [-0.2, 0) is 0 Å². The quantitative estimate of drug-likeness (QED) is 0.258. The van der Waals surface area contributed by atoms with E-state index < -0.39 is 0 Å². The third-order valence-corrected chi connectivity index (χ3v) is 8.04. The summed E-state index contributed by atoms with van der Waals surface area (Å²) in [5, 5.41) is 0. The zero-order valence-corrected chi connectivity index (χ0v) is 27.1. The third-order valence-electron chi connectivity index (χ3n) is 8.04. The highest BCUT2D eigenvalue weighted by atomic mass is 14.3. The topological polar surface area (TPSA) is 0 Å². The monoisotopic (exact) mass is 534 g/mol. The van der Waals surface area contributed by atoms with E-state index in [0.717, 1.165) is 0 Å². The molecule has 0 nitrogen and oxygen atoms in total. The van der Waals surface area contributed by atoms with Gasteiger partial charge in [-0.05, 0) is 89.2 Å². The minimum Gasteiger partial charge on any atom is -0.0813 e. The molecular weight excluding hydrogens is 480 g/mol. The second-order valence-electron chi connectivity index (χ2n) is 12.9. The van der Waals surface area contributed by atoms with Gasteiger partial charge < -0.3 is 0 Å². The number of hydrogen-bond acceptors (Lipinski definition) is 0. The van der Waals surface area contributed by atoms with E-state index in [9.17, 15) is 0 Å². The lowest BCUT2D eigenvalue weighted by atomic mass is 9.73. The molecule has 0 heterocycles. The van der Waals surface area contributed by atoms with Gasteiger partial charge in [-0.1, -0.05) is 158 Å². The van der Waals surface area contributed by atoms with E-state index in [-0.39, 0.29) is 10.8 Å². The van der Waals surface area contributed by atoms with Gasteiger partial charge in [0.2, 0.25) is 0 Å². The minimum absolute atomic E-state index is 0.259. The number of allylic oxidation sites excluding steroid dienone is 24. The highest BCUT2D eigenvalue weighted by Crippen LogP contribution is 2.41. The van der Waals surface area contributed by atoms with E-state index in [0.29, 0.717) is 0 Å².